The predicted octanol–water partition coefficient (Wildman–Crippen LogP) is 10.4. The molecule has 0 spiro atoms. The Morgan fingerprint density at radius 1 is 0.600 bits per heavy atom. The fraction of sp³-hybridized carbons (Fsp3) is 0.975. The van der Waals surface area contributed by atoms with Gasteiger partial charge in [-0.1, -0.05) is 194 Å². The van der Waals surface area contributed by atoms with E-state index in [9.17, 15) is 24.5 Å². The number of rotatable bonds is 40. The fourth-order valence-corrected chi connectivity index (χ4v) is 7.29. The summed E-state index contributed by atoms with van der Waals surface area (Å²) in [6.45, 7) is 4.06. The number of nitrogens with two attached hydrogens (primary N) is 1. The van der Waals surface area contributed by atoms with Gasteiger partial charge in [0.1, 0.15) is 0 Å². The lowest BCUT2D eigenvalue weighted by atomic mass is 10.0. The second-order valence-electron chi connectivity index (χ2n) is 14.8. The zero-order valence-corrected chi connectivity index (χ0v) is 33.7. The molecule has 10 heteroatoms. The van der Waals surface area contributed by atoms with E-state index in [0.29, 0.717) is 12.8 Å². The Labute approximate surface area is 308 Å². The zero-order chi connectivity index (χ0) is 37.0. The van der Waals surface area contributed by atoms with Crippen molar-refractivity contribution in [2.24, 2.45) is 5.73 Å². The maximum absolute atomic E-state index is 12.8. The molecule has 50 heavy (non-hydrogen) atoms. The number of carbonyl (C=O) groups excluding carboxylic acids is 1. The number of unbranched alkanes of at least 4 members (excludes halogenated alkanes) is 26. The molecule has 0 aromatic rings. The Hall–Kier alpha value is -0.540. The molecule has 0 radical (unpaired) electrons. The molecule has 0 aromatic carbocycles. The number of amides is 1. The summed E-state index contributed by atoms with van der Waals surface area (Å²) < 4.78 is 22.1. The van der Waals surface area contributed by atoms with E-state index < -0.39 is 32.0 Å². The van der Waals surface area contributed by atoms with Gasteiger partial charge in [-0.15, -0.1) is 0 Å². The molecule has 0 rings (SSSR count). The van der Waals surface area contributed by atoms with Gasteiger partial charge in [-0.05, 0) is 12.8 Å². The first-order valence-corrected chi connectivity index (χ1v) is 22.7. The first-order valence-electron chi connectivity index (χ1n) is 21.2. The molecule has 4 atom stereocenters. The molecule has 0 saturated carbocycles. The van der Waals surface area contributed by atoms with Crippen molar-refractivity contribution in [2.45, 2.75) is 231 Å². The van der Waals surface area contributed by atoms with Gasteiger partial charge in [-0.3, -0.25) is 13.8 Å². The fourth-order valence-electron chi connectivity index (χ4n) is 6.53. The van der Waals surface area contributed by atoms with E-state index in [4.69, 9.17) is 14.8 Å². The van der Waals surface area contributed by atoms with Crippen LogP contribution in [0.4, 0.5) is 0 Å². The van der Waals surface area contributed by atoms with Crippen LogP contribution in [0.3, 0.4) is 0 Å². The van der Waals surface area contributed by atoms with Gasteiger partial charge in [0.2, 0.25) is 5.91 Å². The maximum Gasteiger partial charge on any atom is 0.472 e. The van der Waals surface area contributed by atoms with Crippen LogP contribution in [0, 0.1) is 0 Å². The van der Waals surface area contributed by atoms with Gasteiger partial charge < -0.3 is 26.2 Å². The maximum atomic E-state index is 12.8. The molecular formula is C40H83N2O7P. The molecule has 0 heterocycles. The van der Waals surface area contributed by atoms with Gasteiger partial charge >= 0.3 is 7.82 Å². The normalized spacial score (nSPS) is 14.8. The van der Waals surface area contributed by atoms with Crippen LogP contribution in [0.25, 0.3) is 0 Å². The SMILES string of the molecule is CCCCCCCCCCCCCCCCC(O)CC(=O)NC(COP(=O)(O)OCCN)C(O)CCCCCCCCCCCCCCCC. The van der Waals surface area contributed by atoms with Crippen LogP contribution in [0.15, 0.2) is 0 Å². The summed E-state index contributed by atoms with van der Waals surface area (Å²) in [6, 6.07) is -0.889. The van der Waals surface area contributed by atoms with Crippen molar-refractivity contribution in [1.29, 1.82) is 0 Å². The van der Waals surface area contributed by atoms with Crippen molar-refractivity contribution in [3.05, 3.63) is 0 Å². The van der Waals surface area contributed by atoms with Gasteiger partial charge in [-0.25, -0.2) is 4.57 Å². The van der Waals surface area contributed by atoms with Crippen LogP contribution in [-0.2, 0) is 18.4 Å². The van der Waals surface area contributed by atoms with E-state index in [1.165, 1.54) is 141 Å². The number of phosphoric ester groups is 1. The largest absolute Gasteiger partial charge is 0.472 e. The van der Waals surface area contributed by atoms with Gasteiger partial charge in [0.25, 0.3) is 0 Å². The Morgan fingerprint density at radius 3 is 1.34 bits per heavy atom. The molecule has 0 bridgehead atoms. The van der Waals surface area contributed by atoms with E-state index >= 15 is 0 Å². The van der Waals surface area contributed by atoms with E-state index in [2.05, 4.69) is 19.2 Å². The number of nitrogens with one attached hydrogen (secondary N) is 1. The third-order valence-corrected chi connectivity index (χ3v) is 10.7. The van der Waals surface area contributed by atoms with Crippen LogP contribution < -0.4 is 11.1 Å². The molecular weight excluding hydrogens is 651 g/mol. The van der Waals surface area contributed by atoms with Crippen molar-refractivity contribution in [3.63, 3.8) is 0 Å². The molecule has 9 nitrogen and oxygen atoms in total. The highest BCUT2D eigenvalue weighted by Crippen LogP contribution is 2.43. The minimum absolute atomic E-state index is 0.0625. The van der Waals surface area contributed by atoms with Gasteiger partial charge in [-0.2, -0.15) is 0 Å². The van der Waals surface area contributed by atoms with Crippen molar-refractivity contribution >= 4 is 13.7 Å². The minimum Gasteiger partial charge on any atom is -0.393 e. The first-order chi connectivity index (χ1) is 24.3. The second kappa shape index (κ2) is 36.8. The zero-order valence-electron chi connectivity index (χ0n) is 32.8. The van der Waals surface area contributed by atoms with E-state index in [-0.39, 0.29) is 26.2 Å². The topological polar surface area (TPSA) is 151 Å². The van der Waals surface area contributed by atoms with Crippen LogP contribution in [0.1, 0.15) is 213 Å². The monoisotopic (exact) mass is 735 g/mol. The molecule has 0 aliphatic heterocycles. The number of aliphatic hydroxyl groups is 2. The average Bonchev–Trinajstić information content (AvgIpc) is 3.09. The molecule has 300 valence electrons. The number of aliphatic hydroxyl groups excluding tert-OH is 2. The highest BCUT2D eigenvalue weighted by molar-refractivity contribution is 7.47. The first kappa shape index (κ1) is 49.5. The molecule has 0 aliphatic rings. The van der Waals surface area contributed by atoms with Gasteiger partial charge in [0.05, 0.1) is 37.9 Å². The molecule has 1 amide bonds. The molecule has 6 N–H and O–H groups in total. The summed E-state index contributed by atoms with van der Waals surface area (Å²) in [5, 5.41) is 24.1. The lowest BCUT2D eigenvalue weighted by Gasteiger charge is -2.25. The molecule has 0 saturated heterocycles. The van der Waals surface area contributed by atoms with Crippen molar-refractivity contribution < 1.29 is 33.5 Å². The lowest BCUT2D eigenvalue weighted by molar-refractivity contribution is -0.125. The van der Waals surface area contributed by atoms with Crippen molar-refractivity contribution in [3.8, 4) is 0 Å². The predicted molar refractivity (Wildman–Crippen MR) is 209 cm³/mol. The Kier molecular flexibility index (Phi) is 36.4. The van der Waals surface area contributed by atoms with E-state index in [0.717, 1.165) is 38.5 Å². The number of hydrogen-bond acceptors (Lipinski definition) is 7. The highest BCUT2D eigenvalue weighted by Gasteiger charge is 2.28. The lowest BCUT2D eigenvalue weighted by Crippen LogP contribution is -2.47. The van der Waals surface area contributed by atoms with E-state index in [1.807, 2.05) is 0 Å². The van der Waals surface area contributed by atoms with Crippen molar-refractivity contribution in [2.75, 3.05) is 19.8 Å². The minimum atomic E-state index is -4.37. The third-order valence-electron chi connectivity index (χ3n) is 9.77. The highest BCUT2D eigenvalue weighted by atomic mass is 31.2. The Morgan fingerprint density at radius 2 is 0.960 bits per heavy atom. The quantitative estimate of drug-likeness (QED) is 0.0308. The molecule has 0 aromatic heterocycles. The molecule has 0 aliphatic carbocycles. The summed E-state index contributed by atoms with van der Waals surface area (Å²) >= 11 is 0. The second-order valence-corrected chi connectivity index (χ2v) is 16.2. The number of carbonyl (C=O) groups is 1. The summed E-state index contributed by atoms with van der Waals surface area (Å²) in [5.41, 5.74) is 5.36. The van der Waals surface area contributed by atoms with Crippen LogP contribution in [-0.4, -0.2) is 59.0 Å². The van der Waals surface area contributed by atoms with Crippen LogP contribution >= 0.6 is 7.82 Å². The molecule has 4 unspecified atom stereocenters. The molecule has 0 fully saturated rings. The average molecular weight is 735 g/mol. The third kappa shape index (κ3) is 34.5. The summed E-state index contributed by atoms with van der Waals surface area (Å²) in [5.74, 6) is -0.410. The van der Waals surface area contributed by atoms with Gasteiger partial charge in [0, 0.05) is 6.54 Å². The number of hydrogen-bond donors (Lipinski definition) is 5. The van der Waals surface area contributed by atoms with Crippen LogP contribution in [0.2, 0.25) is 0 Å². The van der Waals surface area contributed by atoms with Gasteiger partial charge in [0.15, 0.2) is 0 Å². The Bertz CT molecular complexity index is 776. The van der Waals surface area contributed by atoms with E-state index in [1.54, 1.807) is 0 Å². The van der Waals surface area contributed by atoms with Crippen LogP contribution in [0.5, 0.6) is 0 Å². The summed E-state index contributed by atoms with van der Waals surface area (Å²) in [4.78, 5) is 22.7. The Balaban J connectivity index is 4.27. The summed E-state index contributed by atoms with van der Waals surface area (Å²) in [6.07, 6.45) is 34.2. The smallest absolute Gasteiger partial charge is 0.393 e. The standard InChI is InChI=1S/C40H83N2O7P/c1-3-5-7-9-11-13-15-17-19-21-23-25-27-29-31-37(43)35-40(45)42-38(36-49-50(46,47)48-34-33-41)39(44)32-30-28-26-24-22-20-18-16-14-12-10-8-6-4-2/h37-39,43-44H,3-36,41H2,1-2H3,(H,42,45)(H,46,47). The van der Waals surface area contributed by atoms with Crippen molar-refractivity contribution in [1.82, 2.24) is 5.32 Å². The number of phosphoric acid groups is 1. The summed E-state index contributed by atoms with van der Waals surface area (Å²) in [7, 11) is -4.37.